The lowest BCUT2D eigenvalue weighted by atomic mass is 10.0. The SMILES string of the molecule is CC(C)(C)OC(=O)N[C@@H]1CC[C@H](NCc2ccc(-n3ccc(NC(=O)N4CCN(C(=O)C(C)(C)NC(=O)O)CC4)nc3=O)cc2)C1. The van der Waals surface area contributed by atoms with Crippen LogP contribution in [0.4, 0.5) is 20.2 Å². The molecule has 250 valence electrons. The fraction of sp³-hybridized carbons (Fsp3) is 0.548. The first-order chi connectivity index (χ1) is 21.6. The molecule has 2 aromatic rings. The highest BCUT2D eigenvalue weighted by Crippen LogP contribution is 2.21. The summed E-state index contributed by atoms with van der Waals surface area (Å²) in [5.41, 5.74) is -0.702. The fourth-order valence-electron chi connectivity index (χ4n) is 5.50. The molecule has 15 nitrogen and oxygen atoms in total. The van der Waals surface area contributed by atoms with Gasteiger partial charge in [0.2, 0.25) is 5.91 Å². The molecule has 0 spiro atoms. The van der Waals surface area contributed by atoms with Crippen LogP contribution >= 0.6 is 0 Å². The van der Waals surface area contributed by atoms with E-state index in [1.807, 2.05) is 45.0 Å². The van der Waals surface area contributed by atoms with E-state index in [9.17, 15) is 24.0 Å². The van der Waals surface area contributed by atoms with Crippen molar-refractivity contribution in [3.05, 3.63) is 52.6 Å². The van der Waals surface area contributed by atoms with Gasteiger partial charge in [-0.1, -0.05) is 12.1 Å². The third-order valence-corrected chi connectivity index (χ3v) is 7.81. The van der Waals surface area contributed by atoms with Crippen LogP contribution in [0.15, 0.2) is 41.3 Å². The van der Waals surface area contributed by atoms with Crippen molar-refractivity contribution >= 4 is 29.9 Å². The Bertz CT molecular complexity index is 1480. The molecule has 1 aliphatic carbocycles. The molecule has 2 heterocycles. The molecule has 0 radical (unpaired) electrons. The molecule has 1 saturated heterocycles. The van der Waals surface area contributed by atoms with Crippen LogP contribution in [0.25, 0.3) is 5.69 Å². The van der Waals surface area contributed by atoms with E-state index in [2.05, 4.69) is 26.3 Å². The highest BCUT2D eigenvalue weighted by Gasteiger charge is 2.35. The quantitative estimate of drug-likeness (QED) is 0.289. The van der Waals surface area contributed by atoms with Crippen molar-refractivity contribution in [1.29, 1.82) is 0 Å². The highest BCUT2D eigenvalue weighted by atomic mass is 16.6. The Hall–Kier alpha value is -4.66. The van der Waals surface area contributed by atoms with Gasteiger partial charge in [-0.2, -0.15) is 4.98 Å². The van der Waals surface area contributed by atoms with Crippen molar-refractivity contribution in [3.63, 3.8) is 0 Å². The van der Waals surface area contributed by atoms with Gasteiger partial charge in [0.25, 0.3) is 0 Å². The van der Waals surface area contributed by atoms with Crippen LogP contribution in [-0.2, 0) is 16.1 Å². The van der Waals surface area contributed by atoms with Gasteiger partial charge in [0.05, 0.1) is 5.69 Å². The zero-order valence-electron chi connectivity index (χ0n) is 27.0. The van der Waals surface area contributed by atoms with E-state index in [4.69, 9.17) is 9.84 Å². The first-order valence-corrected chi connectivity index (χ1v) is 15.4. The first-order valence-electron chi connectivity index (χ1n) is 15.4. The van der Waals surface area contributed by atoms with Crippen LogP contribution in [0.3, 0.4) is 0 Å². The summed E-state index contributed by atoms with van der Waals surface area (Å²) in [5.74, 6) is -0.269. The second-order valence-corrected chi connectivity index (χ2v) is 13.1. The van der Waals surface area contributed by atoms with Gasteiger partial charge in [0.15, 0.2) is 0 Å². The summed E-state index contributed by atoms with van der Waals surface area (Å²) in [5, 5.41) is 20.3. The summed E-state index contributed by atoms with van der Waals surface area (Å²) in [4.78, 5) is 68.4. The van der Waals surface area contributed by atoms with Gasteiger partial charge in [-0.05, 0) is 77.6 Å². The molecule has 46 heavy (non-hydrogen) atoms. The van der Waals surface area contributed by atoms with Crippen LogP contribution in [0.5, 0.6) is 0 Å². The molecule has 5 amide bonds. The van der Waals surface area contributed by atoms with Gasteiger partial charge in [-0.25, -0.2) is 19.2 Å². The van der Waals surface area contributed by atoms with Crippen LogP contribution in [0, 0.1) is 0 Å². The van der Waals surface area contributed by atoms with E-state index >= 15 is 0 Å². The number of carboxylic acid groups (broad SMARTS) is 1. The molecular weight excluding hydrogens is 596 g/mol. The van der Waals surface area contributed by atoms with Gasteiger partial charge < -0.3 is 35.6 Å². The summed E-state index contributed by atoms with van der Waals surface area (Å²) in [6.07, 6.45) is 2.51. The molecule has 2 aliphatic rings. The maximum atomic E-state index is 12.8. The number of piperazine rings is 1. The lowest BCUT2D eigenvalue weighted by Crippen LogP contribution is -2.60. The topological polar surface area (TPSA) is 187 Å². The molecule has 5 N–H and O–H groups in total. The predicted octanol–water partition coefficient (Wildman–Crippen LogP) is 2.49. The fourth-order valence-corrected chi connectivity index (χ4v) is 5.50. The smallest absolute Gasteiger partial charge is 0.407 e. The van der Waals surface area contributed by atoms with Gasteiger partial charge in [-0.3, -0.25) is 14.7 Å². The molecule has 1 aromatic carbocycles. The average molecular weight is 641 g/mol. The van der Waals surface area contributed by atoms with Crippen molar-refractivity contribution in [2.75, 3.05) is 31.5 Å². The van der Waals surface area contributed by atoms with E-state index in [1.165, 1.54) is 34.3 Å². The minimum atomic E-state index is -1.29. The second kappa shape index (κ2) is 14.2. The van der Waals surface area contributed by atoms with Gasteiger partial charge >= 0.3 is 23.9 Å². The van der Waals surface area contributed by atoms with Crippen molar-refractivity contribution in [3.8, 4) is 5.69 Å². The zero-order valence-corrected chi connectivity index (χ0v) is 27.0. The first kappa shape index (κ1) is 34.2. The molecule has 1 aromatic heterocycles. The summed E-state index contributed by atoms with van der Waals surface area (Å²) >= 11 is 0. The number of amides is 5. The van der Waals surface area contributed by atoms with Gasteiger partial charge in [-0.15, -0.1) is 0 Å². The molecule has 1 aliphatic heterocycles. The van der Waals surface area contributed by atoms with Crippen molar-refractivity contribution in [2.45, 2.75) is 83.6 Å². The van der Waals surface area contributed by atoms with E-state index in [0.717, 1.165) is 24.8 Å². The predicted molar refractivity (Wildman–Crippen MR) is 170 cm³/mol. The number of rotatable bonds is 8. The number of hydrogen-bond donors (Lipinski definition) is 5. The lowest BCUT2D eigenvalue weighted by molar-refractivity contribution is -0.138. The largest absolute Gasteiger partial charge is 0.465 e. The van der Waals surface area contributed by atoms with Crippen LogP contribution in [-0.4, -0.2) is 98.0 Å². The van der Waals surface area contributed by atoms with Crippen molar-refractivity contribution in [2.24, 2.45) is 0 Å². The Morgan fingerprint density at radius 1 is 0.935 bits per heavy atom. The average Bonchev–Trinajstić information content (AvgIpc) is 3.41. The molecular formula is C31H44N8O7. The maximum Gasteiger partial charge on any atom is 0.407 e. The Balaban J connectivity index is 1.24. The van der Waals surface area contributed by atoms with Gasteiger partial charge in [0.1, 0.15) is 17.0 Å². The summed E-state index contributed by atoms with van der Waals surface area (Å²) in [6.45, 7) is 10.1. The Morgan fingerprint density at radius 3 is 2.17 bits per heavy atom. The summed E-state index contributed by atoms with van der Waals surface area (Å²) in [7, 11) is 0. The van der Waals surface area contributed by atoms with Crippen molar-refractivity contribution in [1.82, 2.24) is 35.3 Å². The maximum absolute atomic E-state index is 12.8. The monoisotopic (exact) mass is 640 g/mol. The van der Waals surface area contributed by atoms with E-state index in [0.29, 0.717) is 12.2 Å². The molecule has 0 unspecified atom stereocenters. The minimum Gasteiger partial charge on any atom is -0.465 e. The molecule has 1 saturated carbocycles. The van der Waals surface area contributed by atoms with E-state index in [-0.39, 0.29) is 50.0 Å². The number of nitrogens with one attached hydrogen (secondary N) is 4. The number of carbonyl (C=O) groups excluding carboxylic acids is 3. The standard InChI is InChI=1S/C31H44N8O7/c1-30(2,3)46-29(45)33-22-9-8-21(18-22)32-19-20-6-10-23(11-7-20)39-13-12-24(35-27(39)42)34-26(41)38-16-14-37(15-17-38)25(40)31(4,5)36-28(43)44/h6-7,10-13,21-22,32,36H,8-9,14-19H2,1-5H3,(H,33,45)(H,43,44)(H,34,35,41,42)/t21-,22+/m0/s1. The number of alkyl carbamates (subject to hydrolysis) is 1. The molecule has 15 heteroatoms. The summed E-state index contributed by atoms with van der Waals surface area (Å²) < 4.78 is 6.73. The zero-order chi connectivity index (χ0) is 33.6. The number of carbonyl (C=O) groups is 4. The Morgan fingerprint density at radius 2 is 1.57 bits per heavy atom. The van der Waals surface area contributed by atoms with E-state index < -0.39 is 35.0 Å². The van der Waals surface area contributed by atoms with Crippen LogP contribution < -0.4 is 27.0 Å². The number of urea groups is 1. The molecule has 2 fully saturated rings. The van der Waals surface area contributed by atoms with Crippen LogP contribution in [0.2, 0.25) is 0 Å². The third kappa shape index (κ3) is 9.42. The van der Waals surface area contributed by atoms with Crippen molar-refractivity contribution < 1.29 is 29.0 Å². The minimum absolute atomic E-state index is 0.0741. The molecule has 0 bridgehead atoms. The third-order valence-electron chi connectivity index (χ3n) is 7.81. The summed E-state index contributed by atoms with van der Waals surface area (Å²) in [6, 6.07) is 8.95. The number of nitrogens with zero attached hydrogens (tertiary/aromatic N) is 4. The molecule has 4 rings (SSSR count). The number of hydrogen-bond acceptors (Lipinski definition) is 8. The van der Waals surface area contributed by atoms with E-state index in [1.54, 1.807) is 6.20 Å². The highest BCUT2D eigenvalue weighted by molar-refractivity contribution is 5.90. The normalized spacial score (nSPS) is 18.5. The number of ether oxygens (including phenoxy) is 1. The number of benzene rings is 1. The number of anilines is 1. The molecule has 2 atom stereocenters. The number of aromatic nitrogens is 2. The lowest BCUT2D eigenvalue weighted by Gasteiger charge is -2.38. The van der Waals surface area contributed by atoms with Gasteiger partial charge in [0, 0.05) is 51.0 Å². The second-order valence-electron chi connectivity index (χ2n) is 13.1. The Kier molecular flexibility index (Phi) is 10.6. The Labute approximate surface area is 267 Å². The van der Waals surface area contributed by atoms with Crippen LogP contribution in [0.1, 0.15) is 59.4 Å².